The van der Waals surface area contributed by atoms with Crippen LogP contribution in [-0.2, 0) is 10.0 Å². The summed E-state index contributed by atoms with van der Waals surface area (Å²) in [5.74, 6) is 0. The first-order chi connectivity index (χ1) is 7.53. The van der Waals surface area contributed by atoms with Crippen LogP contribution in [0.5, 0.6) is 0 Å². The monoisotopic (exact) mass is 236 g/mol. The summed E-state index contributed by atoms with van der Waals surface area (Å²) in [7, 11) is -0.484. The Labute approximate surface area is 94.6 Å². The molecule has 0 aliphatic heterocycles. The molecule has 2 aromatic rings. The van der Waals surface area contributed by atoms with Crippen LogP contribution in [-0.4, -0.2) is 31.8 Å². The Morgan fingerprint density at radius 2 is 1.81 bits per heavy atom. The molecule has 0 atom stereocenters. The normalized spacial score (nSPS) is 12.2. The molecule has 0 spiro atoms. The topological polar surface area (TPSA) is 50.3 Å². The maximum absolute atomic E-state index is 12.0. The van der Waals surface area contributed by atoms with Gasteiger partial charge >= 0.3 is 0 Å². The van der Waals surface area contributed by atoms with Crippen LogP contribution in [0.1, 0.15) is 0 Å². The largest absolute Gasteiger partial charge is 0.260 e. The van der Waals surface area contributed by atoms with Gasteiger partial charge < -0.3 is 0 Å². The lowest BCUT2D eigenvalue weighted by Gasteiger charge is -2.12. The lowest BCUT2D eigenvalue weighted by atomic mass is 10.2. The van der Waals surface area contributed by atoms with Gasteiger partial charge in [-0.15, -0.1) is 0 Å². The van der Waals surface area contributed by atoms with Crippen LogP contribution >= 0.6 is 0 Å². The first-order valence-electron chi connectivity index (χ1n) is 4.80. The van der Waals surface area contributed by atoms with Gasteiger partial charge in [-0.25, -0.2) is 17.7 Å². The second-order valence-electron chi connectivity index (χ2n) is 3.62. The van der Waals surface area contributed by atoms with E-state index in [2.05, 4.69) is 4.98 Å². The fraction of sp³-hybridized carbons (Fsp3) is 0.182. The van der Waals surface area contributed by atoms with E-state index in [9.17, 15) is 8.42 Å². The molecule has 84 valence electrons. The fourth-order valence-corrected chi connectivity index (χ4v) is 2.47. The summed E-state index contributed by atoms with van der Waals surface area (Å²) >= 11 is 0. The molecule has 0 aliphatic carbocycles. The highest BCUT2D eigenvalue weighted by Gasteiger charge is 2.21. The molecule has 0 unspecified atom stereocenters. The Morgan fingerprint density at radius 1 is 1.12 bits per heavy atom. The molecule has 1 heterocycles. The molecule has 2 rings (SSSR count). The van der Waals surface area contributed by atoms with Crippen LogP contribution in [0.4, 0.5) is 0 Å². The summed E-state index contributed by atoms with van der Waals surface area (Å²) in [4.78, 5) is 3.97. The van der Waals surface area contributed by atoms with Crippen molar-refractivity contribution in [2.24, 2.45) is 0 Å². The van der Waals surface area contributed by atoms with Gasteiger partial charge in [0.25, 0.3) is 10.0 Å². The molecule has 0 radical (unpaired) electrons. The van der Waals surface area contributed by atoms with Crippen molar-refractivity contribution in [3.05, 3.63) is 36.5 Å². The van der Waals surface area contributed by atoms with E-state index < -0.39 is 10.0 Å². The van der Waals surface area contributed by atoms with Gasteiger partial charge in [0, 0.05) is 25.7 Å². The van der Waals surface area contributed by atoms with Crippen LogP contribution in [0.15, 0.2) is 41.6 Å². The molecule has 4 nitrogen and oxygen atoms in total. The van der Waals surface area contributed by atoms with E-state index >= 15 is 0 Å². The van der Waals surface area contributed by atoms with Crippen LogP contribution < -0.4 is 0 Å². The lowest BCUT2D eigenvalue weighted by molar-refractivity contribution is 0.518. The highest BCUT2D eigenvalue weighted by atomic mass is 32.2. The summed E-state index contributed by atoms with van der Waals surface area (Å²) in [6, 6.07) is 9.10. The fourth-order valence-electron chi connectivity index (χ4n) is 1.47. The van der Waals surface area contributed by atoms with Crippen molar-refractivity contribution in [1.82, 2.24) is 9.29 Å². The van der Waals surface area contributed by atoms with Crippen molar-refractivity contribution in [3.63, 3.8) is 0 Å². The Hall–Kier alpha value is -1.46. The quantitative estimate of drug-likeness (QED) is 0.793. The number of aromatic nitrogens is 1. The van der Waals surface area contributed by atoms with Crippen LogP contribution in [0, 0.1) is 0 Å². The van der Waals surface area contributed by atoms with Gasteiger partial charge in [0.05, 0.1) is 0 Å². The van der Waals surface area contributed by atoms with E-state index in [4.69, 9.17) is 0 Å². The molecule has 1 aromatic heterocycles. The molecule has 0 fully saturated rings. The first kappa shape index (κ1) is 11.0. The summed E-state index contributed by atoms with van der Waals surface area (Å²) in [6.45, 7) is 0. The van der Waals surface area contributed by atoms with Gasteiger partial charge in [-0.2, -0.15) is 0 Å². The molecule has 0 saturated heterocycles. The summed E-state index contributed by atoms with van der Waals surface area (Å²) in [5.41, 5.74) is 0. The third-order valence-electron chi connectivity index (χ3n) is 2.36. The van der Waals surface area contributed by atoms with E-state index in [1.165, 1.54) is 24.6 Å². The standard InChI is InChI=1S/C11H12N2O2S/c1-13(2)16(14,15)11-10-6-4-3-5-9(10)7-8-12-11/h3-8H,1-2H3. The number of hydrogen-bond acceptors (Lipinski definition) is 3. The number of fused-ring (bicyclic) bond motifs is 1. The Kier molecular flexibility index (Phi) is 2.65. The number of hydrogen-bond donors (Lipinski definition) is 0. The zero-order valence-electron chi connectivity index (χ0n) is 9.08. The minimum absolute atomic E-state index is 0.107. The predicted molar refractivity (Wildman–Crippen MR) is 62.6 cm³/mol. The van der Waals surface area contributed by atoms with E-state index in [0.717, 1.165) is 5.39 Å². The van der Waals surface area contributed by atoms with Crippen LogP contribution in [0.25, 0.3) is 10.8 Å². The second kappa shape index (κ2) is 3.84. The summed E-state index contributed by atoms with van der Waals surface area (Å²) < 4.78 is 25.2. The molecule has 0 aliphatic rings. The minimum Gasteiger partial charge on any atom is -0.243 e. The van der Waals surface area contributed by atoms with E-state index in [1.807, 2.05) is 12.1 Å². The summed E-state index contributed by atoms with van der Waals surface area (Å²) in [6.07, 6.45) is 1.51. The third-order valence-corrected chi connectivity index (χ3v) is 4.14. The molecular formula is C11H12N2O2S. The van der Waals surface area contributed by atoms with Gasteiger partial charge in [-0.1, -0.05) is 24.3 Å². The SMILES string of the molecule is CN(C)S(=O)(=O)c1nccc2ccccc12. The van der Waals surface area contributed by atoms with E-state index in [0.29, 0.717) is 5.39 Å². The van der Waals surface area contributed by atoms with Gasteiger partial charge in [0.1, 0.15) is 0 Å². The van der Waals surface area contributed by atoms with Crippen LogP contribution in [0.2, 0.25) is 0 Å². The van der Waals surface area contributed by atoms with Crippen molar-refractivity contribution < 1.29 is 8.42 Å². The molecule has 0 bridgehead atoms. The van der Waals surface area contributed by atoms with Gasteiger partial charge in [-0.3, -0.25) is 0 Å². The Bertz CT molecular complexity index is 615. The van der Waals surface area contributed by atoms with Crippen molar-refractivity contribution in [1.29, 1.82) is 0 Å². The second-order valence-corrected chi connectivity index (χ2v) is 5.69. The molecule has 0 N–H and O–H groups in total. The molecular weight excluding hydrogens is 224 g/mol. The number of benzene rings is 1. The minimum atomic E-state index is -3.48. The van der Waals surface area contributed by atoms with Crippen molar-refractivity contribution >= 4 is 20.8 Å². The van der Waals surface area contributed by atoms with E-state index in [-0.39, 0.29) is 5.03 Å². The zero-order valence-corrected chi connectivity index (χ0v) is 9.90. The van der Waals surface area contributed by atoms with Gasteiger partial charge in [-0.05, 0) is 11.5 Å². The maximum atomic E-state index is 12.0. The third kappa shape index (κ3) is 1.68. The average Bonchev–Trinajstić information content (AvgIpc) is 2.28. The van der Waals surface area contributed by atoms with E-state index in [1.54, 1.807) is 18.2 Å². The van der Waals surface area contributed by atoms with Crippen molar-refractivity contribution in [2.45, 2.75) is 5.03 Å². The van der Waals surface area contributed by atoms with Crippen molar-refractivity contribution in [3.8, 4) is 0 Å². The van der Waals surface area contributed by atoms with Crippen LogP contribution in [0.3, 0.4) is 0 Å². The smallest absolute Gasteiger partial charge is 0.243 e. The average molecular weight is 236 g/mol. The molecule has 16 heavy (non-hydrogen) atoms. The predicted octanol–water partition coefficient (Wildman–Crippen LogP) is 1.49. The number of rotatable bonds is 2. The Balaban J connectivity index is 2.80. The van der Waals surface area contributed by atoms with Gasteiger partial charge in [0.2, 0.25) is 0 Å². The number of sulfonamides is 1. The maximum Gasteiger partial charge on any atom is 0.260 e. The first-order valence-corrected chi connectivity index (χ1v) is 6.24. The van der Waals surface area contributed by atoms with Gasteiger partial charge in [0.15, 0.2) is 5.03 Å². The number of nitrogens with zero attached hydrogens (tertiary/aromatic N) is 2. The molecule has 0 amide bonds. The highest BCUT2D eigenvalue weighted by Crippen LogP contribution is 2.21. The number of pyridine rings is 1. The molecule has 0 saturated carbocycles. The lowest BCUT2D eigenvalue weighted by Crippen LogP contribution is -2.23. The zero-order chi connectivity index (χ0) is 11.8. The van der Waals surface area contributed by atoms with Crippen molar-refractivity contribution in [2.75, 3.05) is 14.1 Å². The molecule has 1 aromatic carbocycles. The Morgan fingerprint density at radius 3 is 2.50 bits per heavy atom. The summed E-state index contributed by atoms with van der Waals surface area (Å²) in [5, 5.41) is 1.63. The highest BCUT2D eigenvalue weighted by molar-refractivity contribution is 7.89. The molecule has 5 heteroatoms.